The third kappa shape index (κ3) is 2.27. The van der Waals surface area contributed by atoms with Gasteiger partial charge in [0.2, 0.25) is 5.69 Å². The zero-order chi connectivity index (χ0) is 13.0. The molecule has 0 radical (unpaired) electrons. The Morgan fingerprint density at radius 3 is 2.12 bits per heavy atom. The number of anilines is 1. The second kappa shape index (κ2) is 5.42. The van der Waals surface area contributed by atoms with Gasteiger partial charge in [-0.2, -0.15) is 0 Å². The number of nitrogens with zero attached hydrogens (tertiary/aromatic N) is 3. The minimum absolute atomic E-state index is 0.149. The van der Waals surface area contributed by atoms with Crippen molar-refractivity contribution in [2.24, 2.45) is 5.18 Å². The lowest BCUT2D eigenvalue weighted by atomic mass is 10.4. The molecule has 0 saturated heterocycles. The van der Waals surface area contributed by atoms with Crippen LogP contribution in [0.25, 0.3) is 0 Å². The van der Waals surface area contributed by atoms with E-state index in [-0.39, 0.29) is 18.1 Å². The first-order valence-corrected chi connectivity index (χ1v) is 5.54. The molecule has 0 fully saturated rings. The van der Waals surface area contributed by atoms with Crippen molar-refractivity contribution in [3.05, 3.63) is 25.7 Å². The second-order valence-electron chi connectivity index (χ2n) is 3.72. The fourth-order valence-electron chi connectivity index (χ4n) is 1.65. The van der Waals surface area contributed by atoms with E-state index in [2.05, 4.69) is 5.18 Å². The molecule has 0 aliphatic carbocycles. The fraction of sp³-hybridized carbons (Fsp3) is 0.600. The molecule has 0 amide bonds. The first-order chi connectivity index (χ1) is 8.08. The zero-order valence-electron chi connectivity index (χ0n) is 9.97. The van der Waals surface area contributed by atoms with Crippen LogP contribution in [0.2, 0.25) is 0 Å². The van der Waals surface area contributed by atoms with Gasteiger partial charge in [-0.1, -0.05) is 13.8 Å². The molecule has 7 heteroatoms. The maximum Gasteiger partial charge on any atom is 0.332 e. The van der Waals surface area contributed by atoms with E-state index in [4.69, 9.17) is 5.73 Å². The van der Waals surface area contributed by atoms with Gasteiger partial charge < -0.3 is 5.73 Å². The maximum absolute atomic E-state index is 12.0. The van der Waals surface area contributed by atoms with Crippen LogP contribution in [0.1, 0.15) is 26.7 Å². The van der Waals surface area contributed by atoms with Crippen molar-refractivity contribution in [2.75, 3.05) is 5.73 Å². The molecule has 7 nitrogen and oxygen atoms in total. The average Bonchev–Trinajstić information content (AvgIpc) is 2.31. The lowest BCUT2D eigenvalue weighted by Crippen LogP contribution is -2.40. The number of hydrogen-bond acceptors (Lipinski definition) is 5. The lowest BCUT2D eigenvalue weighted by molar-refractivity contribution is 0.547. The molecule has 1 aromatic heterocycles. The number of aromatic nitrogens is 2. The summed E-state index contributed by atoms with van der Waals surface area (Å²) in [6.45, 7) is 4.32. The summed E-state index contributed by atoms with van der Waals surface area (Å²) in [5.74, 6) is -0.149. The van der Waals surface area contributed by atoms with Gasteiger partial charge in [-0.15, -0.1) is 4.91 Å². The van der Waals surface area contributed by atoms with Crippen molar-refractivity contribution in [1.82, 2.24) is 9.13 Å². The fourth-order valence-corrected chi connectivity index (χ4v) is 1.65. The molecule has 0 aromatic carbocycles. The van der Waals surface area contributed by atoms with Gasteiger partial charge in [-0.25, -0.2) is 4.79 Å². The van der Waals surface area contributed by atoms with E-state index in [1.165, 1.54) is 4.57 Å². The molecule has 1 heterocycles. The van der Waals surface area contributed by atoms with Gasteiger partial charge in [0.05, 0.1) is 0 Å². The van der Waals surface area contributed by atoms with Crippen LogP contribution in [0, 0.1) is 4.91 Å². The van der Waals surface area contributed by atoms with Crippen LogP contribution in [0.5, 0.6) is 0 Å². The Balaban J connectivity index is 3.63. The summed E-state index contributed by atoms with van der Waals surface area (Å²) in [4.78, 5) is 34.3. The molecule has 0 saturated carbocycles. The highest BCUT2D eigenvalue weighted by atomic mass is 16.3. The van der Waals surface area contributed by atoms with Gasteiger partial charge in [-0.05, 0) is 18.0 Å². The minimum Gasteiger partial charge on any atom is -0.383 e. The Bertz CT molecular complexity index is 530. The summed E-state index contributed by atoms with van der Waals surface area (Å²) in [7, 11) is 0. The Labute approximate surface area is 97.8 Å². The largest absolute Gasteiger partial charge is 0.383 e. The van der Waals surface area contributed by atoms with Crippen LogP contribution < -0.4 is 17.0 Å². The van der Waals surface area contributed by atoms with E-state index in [0.717, 1.165) is 4.57 Å². The quantitative estimate of drug-likeness (QED) is 0.769. The van der Waals surface area contributed by atoms with Gasteiger partial charge in [-0.3, -0.25) is 13.9 Å². The number of nitrogens with two attached hydrogens (primary N) is 1. The number of rotatable bonds is 5. The van der Waals surface area contributed by atoms with Gasteiger partial charge in [0.15, 0.2) is 0 Å². The van der Waals surface area contributed by atoms with Gasteiger partial charge in [0, 0.05) is 13.1 Å². The van der Waals surface area contributed by atoms with Gasteiger partial charge >= 0.3 is 5.69 Å². The first-order valence-electron chi connectivity index (χ1n) is 5.54. The second-order valence-corrected chi connectivity index (χ2v) is 3.72. The molecule has 94 valence electrons. The van der Waals surface area contributed by atoms with Crippen molar-refractivity contribution >= 4 is 11.5 Å². The molecule has 17 heavy (non-hydrogen) atoms. The zero-order valence-corrected chi connectivity index (χ0v) is 9.97. The van der Waals surface area contributed by atoms with Crippen LogP contribution in [0.15, 0.2) is 14.8 Å². The molecule has 0 aliphatic rings. The number of hydrogen-bond donors (Lipinski definition) is 1. The molecule has 0 unspecified atom stereocenters. The van der Waals surface area contributed by atoms with E-state index in [9.17, 15) is 14.5 Å². The Kier molecular flexibility index (Phi) is 4.19. The Morgan fingerprint density at radius 2 is 1.65 bits per heavy atom. The highest BCUT2D eigenvalue weighted by Gasteiger charge is 2.16. The number of nitroso groups, excluding NO2 is 1. The van der Waals surface area contributed by atoms with Gasteiger partial charge in [0.25, 0.3) is 5.56 Å². The normalized spacial score (nSPS) is 10.5. The number of nitrogen functional groups attached to an aromatic ring is 1. The minimum atomic E-state index is -0.711. The molecule has 0 aliphatic heterocycles. The molecule has 0 spiro atoms. The Hall–Kier alpha value is -1.92. The van der Waals surface area contributed by atoms with Crippen molar-refractivity contribution in [1.29, 1.82) is 0 Å². The molecule has 1 aromatic rings. The van der Waals surface area contributed by atoms with Crippen LogP contribution >= 0.6 is 0 Å². The molecule has 0 bridgehead atoms. The maximum atomic E-state index is 12.0. The summed E-state index contributed by atoms with van der Waals surface area (Å²) < 4.78 is 2.22. The molecule has 2 N–H and O–H groups in total. The van der Waals surface area contributed by atoms with E-state index in [1.54, 1.807) is 0 Å². The molecular weight excluding hydrogens is 224 g/mol. The lowest BCUT2D eigenvalue weighted by Gasteiger charge is -2.12. The summed E-state index contributed by atoms with van der Waals surface area (Å²) in [5.41, 5.74) is 4.03. The first kappa shape index (κ1) is 13.1. The predicted octanol–water partition coefficient (Wildman–Crippen LogP) is 0.810. The van der Waals surface area contributed by atoms with Crippen LogP contribution in [-0.4, -0.2) is 9.13 Å². The summed E-state index contributed by atoms with van der Waals surface area (Å²) in [5, 5.41) is 2.63. The Morgan fingerprint density at radius 1 is 1.12 bits per heavy atom. The molecule has 0 atom stereocenters. The predicted molar refractivity (Wildman–Crippen MR) is 65.4 cm³/mol. The van der Waals surface area contributed by atoms with Crippen LogP contribution in [0.4, 0.5) is 11.5 Å². The van der Waals surface area contributed by atoms with Crippen LogP contribution in [0.3, 0.4) is 0 Å². The SMILES string of the molecule is CCCn1c(N)c(N=O)c(=O)n(CCC)c1=O. The van der Waals surface area contributed by atoms with Crippen molar-refractivity contribution in [2.45, 2.75) is 39.8 Å². The third-order valence-corrected chi connectivity index (χ3v) is 2.43. The summed E-state index contributed by atoms with van der Waals surface area (Å²) in [6.07, 6.45) is 1.29. The molecule has 1 rings (SSSR count). The monoisotopic (exact) mass is 240 g/mol. The van der Waals surface area contributed by atoms with E-state index in [0.29, 0.717) is 19.4 Å². The van der Waals surface area contributed by atoms with Crippen molar-refractivity contribution < 1.29 is 0 Å². The standard InChI is InChI=1S/C10H16N4O3/c1-3-5-13-8(11)7(12-17)9(15)14(6-4-2)10(13)16/h3-6,11H2,1-2H3. The third-order valence-electron chi connectivity index (χ3n) is 2.43. The highest BCUT2D eigenvalue weighted by molar-refractivity contribution is 5.55. The smallest absolute Gasteiger partial charge is 0.332 e. The van der Waals surface area contributed by atoms with E-state index < -0.39 is 11.2 Å². The highest BCUT2D eigenvalue weighted by Crippen LogP contribution is 2.14. The average molecular weight is 240 g/mol. The summed E-state index contributed by atoms with van der Waals surface area (Å²) in [6, 6.07) is 0. The van der Waals surface area contributed by atoms with Crippen LogP contribution in [-0.2, 0) is 13.1 Å². The summed E-state index contributed by atoms with van der Waals surface area (Å²) >= 11 is 0. The van der Waals surface area contributed by atoms with Crippen molar-refractivity contribution in [3.63, 3.8) is 0 Å². The molecular formula is C10H16N4O3. The van der Waals surface area contributed by atoms with E-state index >= 15 is 0 Å². The van der Waals surface area contributed by atoms with Crippen molar-refractivity contribution in [3.8, 4) is 0 Å². The van der Waals surface area contributed by atoms with E-state index in [1.807, 2.05) is 13.8 Å². The topological polar surface area (TPSA) is 99.4 Å². The van der Waals surface area contributed by atoms with Gasteiger partial charge in [0.1, 0.15) is 5.82 Å².